The molecule has 2 nitrogen and oxygen atoms in total. The number of hydrogen-bond acceptors (Lipinski definition) is 2. The van der Waals surface area contributed by atoms with Gasteiger partial charge in [-0.25, -0.2) is 0 Å². The molecule has 0 radical (unpaired) electrons. The van der Waals surface area contributed by atoms with E-state index in [2.05, 4.69) is 11.9 Å². The van der Waals surface area contributed by atoms with Crippen LogP contribution in [-0.4, -0.2) is 18.3 Å². The van der Waals surface area contributed by atoms with E-state index in [1.54, 1.807) is 20.0 Å². The number of allylic oxidation sites excluding steroid dienone is 1. The first-order valence-electron chi connectivity index (χ1n) is 7.46. The standard InChI is InChI=1S/C17H24ClF2NO/c1-5-7-13(11(3)22)8-12-9-14(17(19,20)6-2)16(21-4)15(18)10-12/h6,9-11,13,21-22H,2,5,7-8H2,1,3-4H3/t11?,13-/m1/s1. The monoisotopic (exact) mass is 331 g/mol. The minimum Gasteiger partial charge on any atom is -0.393 e. The molecule has 0 aromatic heterocycles. The molecule has 1 aromatic rings. The van der Waals surface area contributed by atoms with E-state index < -0.39 is 12.0 Å². The maximum atomic E-state index is 14.1. The van der Waals surface area contributed by atoms with E-state index in [1.165, 1.54) is 6.07 Å². The SMILES string of the molecule is C=CC(F)(F)c1cc(C[C@@H](CCC)C(C)O)cc(Cl)c1NC. The average Bonchev–Trinajstić information content (AvgIpc) is 2.46. The minimum atomic E-state index is -3.16. The summed E-state index contributed by atoms with van der Waals surface area (Å²) in [5.74, 6) is -3.14. The molecule has 0 spiro atoms. The van der Waals surface area contributed by atoms with Crippen LogP contribution in [0, 0.1) is 5.92 Å². The van der Waals surface area contributed by atoms with Crippen molar-refractivity contribution in [1.82, 2.24) is 0 Å². The van der Waals surface area contributed by atoms with E-state index >= 15 is 0 Å². The lowest BCUT2D eigenvalue weighted by atomic mass is 9.89. The van der Waals surface area contributed by atoms with Crippen LogP contribution in [0.5, 0.6) is 0 Å². The molecule has 1 rings (SSSR count). The van der Waals surface area contributed by atoms with Crippen LogP contribution < -0.4 is 5.32 Å². The molecule has 0 aliphatic carbocycles. The molecule has 0 saturated carbocycles. The molecule has 0 aliphatic rings. The molecular weight excluding hydrogens is 308 g/mol. The third kappa shape index (κ3) is 4.43. The summed E-state index contributed by atoms with van der Waals surface area (Å²) in [6.07, 6.45) is 2.38. The van der Waals surface area contributed by atoms with Crippen molar-refractivity contribution < 1.29 is 13.9 Å². The van der Waals surface area contributed by atoms with Crippen molar-refractivity contribution in [2.75, 3.05) is 12.4 Å². The molecule has 22 heavy (non-hydrogen) atoms. The normalized spacial score (nSPS) is 14.5. The predicted octanol–water partition coefficient (Wildman–Crippen LogP) is 5.00. The van der Waals surface area contributed by atoms with Crippen LogP contribution in [-0.2, 0) is 12.3 Å². The van der Waals surface area contributed by atoms with Gasteiger partial charge in [-0.3, -0.25) is 0 Å². The summed E-state index contributed by atoms with van der Waals surface area (Å²) in [6.45, 7) is 6.96. The maximum Gasteiger partial charge on any atom is 0.293 e. The second kappa shape index (κ2) is 7.93. The van der Waals surface area contributed by atoms with Crippen molar-refractivity contribution in [2.45, 2.75) is 45.1 Å². The van der Waals surface area contributed by atoms with E-state index in [0.717, 1.165) is 12.8 Å². The van der Waals surface area contributed by atoms with Gasteiger partial charge in [0.15, 0.2) is 0 Å². The Morgan fingerprint density at radius 2 is 2.09 bits per heavy atom. The Morgan fingerprint density at radius 3 is 2.55 bits per heavy atom. The van der Waals surface area contributed by atoms with Gasteiger partial charge in [-0.1, -0.05) is 31.5 Å². The number of aliphatic hydroxyl groups is 1. The van der Waals surface area contributed by atoms with Crippen LogP contribution in [0.15, 0.2) is 24.8 Å². The summed E-state index contributed by atoms with van der Waals surface area (Å²) in [4.78, 5) is 0. The van der Waals surface area contributed by atoms with Gasteiger partial charge in [0, 0.05) is 12.6 Å². The van der Waals surface area contributed by atoms with Crippen LogP contribution >= 0.6 is 11.6 Å². The van der Waals surface area contributed by atoms with Crippen LogP contribution in [0.4, 0.5) is 14.5 Å². The lowest BCUT2D eigenvalue weighted by Crippen LogP contribution is -2.20. The molecule has 1 unspecified atom stereocenters. The number of alkyl halides is 2. The first-order valence-corrected chi connectivity index (χ1v) is 7.84. The summed E-state index contributed by atoms with van der Waals surface area (Å²) in [5.41, 5.74) is 0.715. The molecule has 2 atom stereocenters. The fraction of sp³-hybridized carbons (Fsp3) is 0.529. The number of benzene rings is 1. The Hall–Kier alpha value is -1.13. The summed E-state index contributed by atoms with van der Waals surface area (Å²) < 4.78 is 28.1. The van der Waals surface area contributed by atoms with Gasteiger partial charge in [0.05, 0.1) is 16.8 Å². The summed E-state index contributed by atoms with van der Waals surface area (Å²) in [5, 5.41) is 12.8. The zero-order chi connectivity index (χ0) is 16.9. The van der Waals surface area contributed by atoms with Crippen molar-refractivity contribution in [2.24, 2.45) is 5.92 Å². The van der Waals surface area contributed by atoms with E-state index in [1.807, 2.05) is 6.92 Å². The lowest BCUT2D eigenvalue weighted by Gasteiger charge is -2.22. The van der Waals surface area contributed by atoms with Gasteiger partial charge >= 0.3 is 0 Å². The number of halogens is 3. The van der Waals surface area contributed by atoms with Crippen molar-refractivity contribution in [3.05, 3.63) is 40.9 Å². The summed E-state index contributed by atoms with van der Waals surface area (Å²) in [7, 11) is 1.55. The molecule has 0 fully saturated rings. The smallest absolute Gasteiger partial charge is 0.293 e. The summed E-state index contributed by atoms with van der Waals surface area (Å²) >= 11 is 6.15. The fourth-order valence-electron chi connectivity index (χ4n) is 2.59. The highest BCUT2D eigenvalue weighted by Crippen LogP contribution is 2.39. The van der Waals surface area contributed by atoms with Crippen LogP contribution in [0.2, 0.25) is 5.02 Å². The van der Waals surface area contributed by atoms with Gasteiger partial charge in [0.2, 0.25) is 0 Å². The molecule has 5 heteroatoms. The highest BCUT2D eigenvalue weighted by Gasteiger charge is 2.32. The Balaban J connectivity index is 3.25. The number of nitrogens with one attached hydrogen (secondary N) is 1. The summed E-state index contributed by atoms with van der Waals surface area (Å²) in [6, 6.07) is 3.13. The fourth-order valence-corrected chi connectivity index (χ4v) is 2.93. The van der Waals surface area contributed by atoms with Gasteiger partial charge in [-0.05, 0) is 49.5 Å². The van der Waals surface area contributed by atoms with Gasteiger partial charge in [-0.15, -0.1) is 0 Å². The molecule has 2 N–H and O–H groups in total. The van der Waals surface area contributed by atoms with Gasteiger partial charge in [0.25, 0.3) is 5.92 Å². The van der Waals surface area contributed by atoms with E-state index in [-0.39, 0.29) is 22.2 Å². The third-order valence-corrected chi connectivity index (χ3v) is 4.15. The van der Waals surface area contributed by atoms with Crippen LogP contribution in [0.1, 0.15) is 37.8 Å². The molecular formula is C17H24ClF2NO. The average molecular weight is 332 g/mol. The lowest BCUT2D eigenvalue weighted by molar-refractivity contribution is 0.0532. The van der Waals surface area contributed by atoms with Crippen LogP contribution in [0.25, 0.3) is 0 Å². The molecule has 124 valence electrons. The van der Waals surface area contributed by atoms with Crippen LogP contribution in [0.3, 0.4) is 0 Å². The molecule has 1 aromatic carbocycles. The molecule has 0 aliphatic heterocycles. The number of aliphatic hydroxyl groups excluding tert-OH is 1. The topological polar surface area (TPSA) is 32.3 Å². The highest BCUT2D eigenvalue weighted by molar-refractivity contribution is 6.33. The number of rotatable bonds is 8. The Morgan fingerprint density at radius 1 is 1.45 bits per heavy atom. The van der Waals surface area contributed by atoms with Gasteiger partial charge in [-0.2, -0.15) is 8.78 Å². The zero-order valence-corrected chi connectivity index (χ0v) is 14.1. The van der Waals surface area contributed by atoms with E-state index in [9.17, 15) is 13.9 Å². The van der Waals surface area contributed by atoms with Crippen molar-refractivity contribution in [3.8, 4) is 0 Å². The Kier molecular flexibility index (Phi) is 6.82. The first kappa shape index (κ1) is 18.9. The maximum absolute atomic E-state index is 14.1. The second-order valence-corrected chi connectivity index (χ2v) is 5.98. The van der Waals surface area contributed by atoms with Crippen molar-refractivity contribution in [1.29, 1.82) is 0 Å². The largest absolute Gasteiger partial charge is 0.393 e. The van der Waals surface area contributed by atoms with Gasteiger partial charge < -0.3 is 10.4 Å². The van der Waals surface area contributed by atoms with E-state index in [0.29, 0.717) is 18.1 Å². The number of hydrogen-bond donors (Lipinski definition) is 2. The molecule has 0 saturated heterocycles. The zero-order valence-electron chi connectivity index (χ0n) is 13.3. The van der Waals surface area contributed by atoms with Gasteiger partial charge in [0.1, 0.15) is 0 Å². The molecule has 0 bridgehead atoms. The Bertz CT molecular complexity index is 518. The minimum absolute atomic E-state index is 0.0201. The van der Waals surface area contributed by atoms with Crippen molar-refractivity contribution in [3.63, 3.8) is 0 Å². The quantitative estimate of drug-likeness (QED) is 0.657. The van der Waals surface area contributed by atoms with Crippen molar-refractivity contribution >= 4 is 17.3 Å². The Labute approximate surface area is 136 Å². The highest BCUT2D eigenvalue weighted by atomic mass is 35.5. The predicted molar refractivity (Wildman–Crippen MR) is 88.9 cm³/mol. The first-order chi connectivity index (χ1) is 10.3. The van der Waals surface area contributed by atoms with E-state index in [4.69, 9.17) is 11.6 Å². The molecule has 0 heterocycles. The second-order valence-electron chi connectivity index (χ2n) is 5.57. The third-order valence-electron chi connectivity index (χ3n) is 3.86. The number of anilines is 1. The molecule has 0 amide bonds.